The fraction of sp³-hybridized carbons (Fsp3) is 0.200. The Kier molecular flexibility index (Phi) is 2.95. The highest BCUT2D eigenvalue weighted by molar-refractivity contribution is 7.18. The van der Waals surface area contributed by atoms with Crippen molar-refractivity contribution >= 4 is 21.6 Å². The molecule has 0 fully saturated rings. The molecule has 0 N–H and O–H groups in total. The summed E-state index contributed by atoms with van der Waals surface area (Å²) >= 11 is 1.56. The first-order valence-electron chi connectivity index (χ1n) is 6.15. The lowest BCUT2D eigenvalue weighted by Crippen LogP contribution is -2.20. The monoisotopic (exact) mass is 270 g/mol. The molecule has 0 amide bonds. The van der Waals surface area contributed by atoms with Crippen molar-refractivity contribution in [3.8, 4) is 0 Å². The van der Waals surface area contributed by atoms with Gasteiger partial charge in [-0.1, -0.05) is 24.3 Å². The third-order valence-corrected chi connectivity index (χ3v) is 4.20. The third-order valence-electron chi connectivity index (χ3n) is 3.24. The van der Waals surface area contributed by atoms with Crippen molar-refractivity contribution in [1.29, 1.82) is 0 Å². The Morgan fingerprint density at radius 3 is 2.84 bits per heavy atom. The van der Waals surface area contributed by atoms with Crippen molar-refractivity contribution in [2.45, 2.75) is 20.4 Å². The van der Waals surface area contributed by atoms with Gasteiger partial charge in [-0.15, -0.1) is 11.3 Å². The van der Waals surface area contributed by atoms with Gasteiger partial charge < -0.3 is 0 Å². The largest absolute Gasteiger partial charge is 0.294 e. The van der Waals surface area contributed by atoms with E-state index in [1.54, 1.807) is 22.2 Å². The topological polar surface area (TPSA) is 34.9 Å². The molecule has 3 rings (SSSR count). The van der Waals surface area contributed by atoms with Crippen LogP contribution in [0, 0.1) is 13.8 Å². The molecule has 0 bridgehead atoms. The van der Waals surface area contributed by atoms with E-state index < -0.39 is 0 Å². The summed E-state index contributed by atoms with van der Waals surface area (Å²) in [6.07, 6.45) is 1.65. The molecule has 4 heteroatoms. The maximum Gasteiger partial charge on any atom is 0.262 e. The van der Waals surface area contributed by atoms with Gasteiger partial charge in [0.1, 0.15) is 4.83 Å². The van der Waals surface area contributed by atoms with Gasteiger partial charge >= 0.3 is 0 Å². The van der Waals surface area contributed by atoms with Crippen LogP contribution in [0.2, 0.25) is 0 Å². The number of thiophene rings is 1. The molecule has 3 aromatic rings. The van der Waals surface area contributed by atoms with E-state index in [4.69, 9.17) is 0 Å². The molecule has 0 spiro atoms. The minimum atomic E-state index is 0.0394. The van der Waals surface area contributed by atoms with Crippen LogP contribution < -0.4 is 5.56 Å². The SMILES string of the molecule is Cc1cc2c(=O)n(Cc3ccccc3C)cnc2s1. The zero-order valence-electron chi connectivity index (χ0n) is 10.9. The Balaban J connectivity index is 2.09. The van der Waals surface area contributed by atoms with E-state index in [0.29, 0.717) is 6.54 Å². The average Bonchev–Trinajstić information content (AvgIpc) is 2.77. The smallest absolute Gasteiger partial charge is 0.262 e. The fourth-order valence-corrected chi connectivity index (χ4v) is 3.00. The highest BCUT2D eigenvalue weighted by atomic mass is 32.1. The van der Waals surface area contributed by atoms with E-state index in [-0.39, 0.29) is 5.56 Å². The highest BCUT2D eigenvalue weighted by Crippen LogP contribution is 2.19. The Hall–Kier alpha value is -1.94. The molecule has 96 valence electrons. The second kappa shape index (κ2) is 4.63. The molecular formula is C15H14N2OS. The highest BCUT2D eigenvalue weighted by Gasteiger charge is 2.08. The third kappa shape index (κ3) is 2.19. The molecule has 0 aliphatic carbocycles. The predicted molar refractivity (Wildman–Crippen MR) is 78.9 cm³/mol. The summed E-state index contributed by atoms with van der Waals surface area (Å²) in [6.45, 7) is 4.63. The number of aromatic nitrogens is 2. The van der Waals surface area contributed by atoms with Crippen LogP contribution in [0.4, 0.5) is 0 Å². The maximum absolute atomic E-state index is 12.4. The molecule has 2 aromatic heterocycles. The van der Waals surface area contributed by atoms with Crippen LogP contribution in [0.1, 0.15) is 16.0 Å². The summed E-state index contributed by atoms with van der Waals surface area (Å²) < 4.78 is 1.68. The molecular weight excluding hydrogens is 256 g/mol. The van der Waals surface area contributed by atoms with Crippen molar-refractivity contribution in [2.75, 3.05) is 0 Å². The Morgan fingerprint density at radius 2 is 2.05 bits per heavy atom. The van der Waals surface area contributed by atoms with Gasteiger partial charge in [0.15, 0.2) is 0 Å². The van der Waals surface area contributed by atoms with Gasteiger partial charge in [-0.05, 0) is 31.0 Å². The summed E-state index contributed by atoms with van der Waals surface area (Å²) in [5, 5.41) is 0.721. The van der Waals surface area contributed by atoms with Gasteiger partial charge in [0.2, 0.25) is 0 Å². The summed E-state index contributed by atoms with van der Waals surface area (Å²) in [5.74, 6) is 0. The number of hydrogen-bond donors (Lipinski definition) is 0. The molecule has 1 aromatic carbocycles. The first-order chi connectivity index (χ1) is 9.15. The minimum Gasteiger partial charge on any atom is -0.294 e. The summed E-state index contributed by atoms with van der Waals surface area (Å²) in [4.78, 5) is 18.7. The number of aryl methyl sites for hydroxylation is 2. The second-order valence-corrected chi connectivity index (χ2v) is 5.91. The average molecular weight is 270 g/mol. The van der Waals surface area contributed by atoms with Crippen molar-refractivity contribution in [3.63, 3.8) is 0 Å². The van der Waals surface area contributed by atoms with Crippen molar-refractivity contribution < 1.29 is 0 Å². The van der Waals surface area contributed by atoms with Crippen molar-refractivity contribution in [3.05, 3.63) is 63.0 Å². The predicted octanol–water partition coefficient (Wildman–Crippen LogP) is 3.12. The van der Waals surface area contributed by atoms with Crippen molar-refractivity contribution in [2.24, 2.45) is 0 Å². The number of rotatable bonds is 2. The number of hydrogen-bond acceptors (Lipinski definition) is 3. The number of fused-ring (bicyclic) bond motifs is 1. The summed E-state index contributed by atoms with van der Waals surface area (Å²) in [7, 11) is 0. The van der Waals surface area contributed by atoms with Crippen LogP contribution in [-0.2, 0) is 6.54 Å². The first-order valence-corrected chi connectivity index (χ1v) is 6.97. The first kappa shape index (κ1) is 12.1. The summed E-state index contributed by atoms with van der Waals surface area (Å²) in [6, 6.07) is 10.0. The molecule has 0 aliphatic rings. The summed E-state index contributed by atoms with van der Waals surface area (Å²) in [5.41, 5.74) is 2.38. The second-order valence-electron chi connectivity index (χ2n) is 4.68. The van der Waals surface area contributed by atoms with Crippen LogP contribution in [0.15, 0.2) is 41.5 Å². The zero-order chi connectivity index (χ0) is 13.4. The van der Waals surface area contributed by atoms with Crippen molar-refractivity contribution in [1.82, 2.24) is 9.55 Å². The van der Waals surface area contributed by atoms with Crippen LogP contribution in [0.3, 0.4) is 0 Å². The Bertz CT molecular complexity index is 801. The Morgan fingerprint density at radius 1 is 1.26 bits per heavy atom. The van der Waals surface area contributed by atoms with Gasteiger partial charge in [0.25, 0.3) is 5.56 Å². The van der Waals surface area contributed by atoms with E-state index >= 15 is 0 Å². The molecule has 3 nitrogen and oxygen atoms in total. The molecule has 0 saturated carbocycles. The van der Waals surface area contributed by atoms with E-state index in [2.05, 4.69) is 18.0 Å². The minimum absolute atomic E-state index is 0.0394. The van der Waals surface area contributed by atoms with Gasteiger partial charge in [-0.2, -0.15) is 0 Å². The molecule has 0 atom stereocenters. The molecule has 0 saturated heterocycles. The standard InChI is InChI=1S/C15H14N2OS/c1-10-5-3-4-6-12(10)8-17-9-16-14-13(15(17)18)7-11(2)19-14/h3-7,9H,8H2,1-2H3. The van der Waals surface area contributed by atoms with Crippen LogP contribution >= 0.6 is 11.3 Å². The lowest BCUT2D eigenvalue weighted by atomic mass is 10.1. The maximum atomic E-state index is 12.4. The molecule has 0 unspecified atom stereocenters. The molecule has 0 aliphatic heterocycles. The van der Waals surface area contributed by atoms with Crippen LogP contribution in [0.25, 0.3) is 10.2 Å². The lowest BCUT2D eigenvalue weighted by molar-refractivity contribution is 0.745. The van der Waals surface area contributed by atoms with E-state index in [1.807, 2.05) is 31.2 Å². The molecule has 0 radical (unpaired) electrons. The van der Waals surface area contributed by atoms with Gasteiger partial charge in [-0.3, -0.25) is 9.36 Å². The Labute approximate surface area is 115 Å². The van der Waals surface area contributed by atoms with Crippen LogP contribution in [-0.4, -0.2) is 9.55 Å². The number of nitrogens with zero attached hydrogens (tertiary/aromatic N) is 2. The van der Waals surface area contributed by atoms with E-state index in [9.17, 15) is 4.79 Å². The van der Waals surface area contributed by atoms with E-state index in [0.717, 1.165) is 20.7 Å². The van der Waals surface area contributed by atoms with Gasteiger partial charge in [-0.25, -0.2) is 4.98 Å². The van der Waals surface area contributed by atoms with E-state index in [1.165, 1.54) is 5.56 Å². The normalized spacial score (nSPS) is 11.1. The number of benzene rings is 1. The zero-order valence-corrected chi connectivity index (χ0v) is 11.7. The quantitative estimate of drug-likeness (QED) is 0.717. The molecule has 19 heavy (non-hydrogen) atoms. The van der Waals surface area contributed by atoms with Crippen LogP contribution in [0.5, 0.6) is 0 Å². The van der Waals surface area contributed by atoms with Gasteiger partial charge in [0, 0.05) is 4.88 Å². The fourth-order valence-electron chi connectivity index (χ4n) is 2.16. The molecule has 2 heterocycles. The van der Waals surface area contributed by atoms with Gasteiger partial charge in [0.05, 0.1) is 18.3 Å². The lowest BCUT2D eigenvalue weighted by Gasteiger charge is -2.07.